The average Bonchev–Trinajstić information content (AvgIpc) is 2.27. The van der Waals surface area contributed by atoms with Crippen molar-refractivity contribution in [3.05, 3.63) is 28.8 Å². The van der Waals surface area contributed by atoms with Crippen LogP contribution in [0.25, 0.3) is 0 Å². The van der Waals surface area contributed by atoms with E-state index in [2.05, 4.69) is 0 Å². The first kappa shape index (κ1) is 15.4. The first-order valence-electron chi connectivity index (χ1n) is 6.61. The summed E-state index contributed by atoms with van der Waals surface area (Å²) in [5.74, 6) is 0.678. The minimum absolute atomic E-state index is 0.0261. The smallest absolute Gasteiger partial charge is 0.308 e. The Morgan fingerprint density at radius 3 is 1.63 bits per heavy atom. The first-order valence-corrected chi connectivity index (χ1v) is 6.61. The van der Waals surface area contributed by atoms with Crippen LogP contribution in [0, 0.1) is 0 Å². The molecule has 0 aliphatic heterocycles. The molecular formula is C16H22O3. The largest absolute Gasteiger partial charge is 0.426 e. The number of ketones is 1. The van der Waals surface area contributed by atoms with Gasteiger partial charge >= 0.3 is 5.97 Å². The topological polar surface area (TPSA) is 43.4 Å². The Balaban J connectivity index is 3.55. The molecule has 0 aromatic heterocycles. The molecule has 19 heavy (non-hydrogen) atoms. The molecule has 1 rings (SSSR count). The van der Waals surface area contributed by atoms with Crippen molar-refractivity contribution in [1.29, 1.82) is 0 Å². The molecule has 0 saturated carbocycles. The van der Waals surface area contributed by atoms with E-state index in [0.717, 1.165) is 11.1 Å². The van der Waals surface area contributed by atoms with E-state index in [1.54, 1.807) is 6.92 Å². The van der Waals surface area contributed by atoms with Crippen LogP contribution in [-0.4, -0.2) is 11.8 Å². The summed E-state index contributed by atoms with van der Waals surface area (Å²) in [4.78, 5) is 22.9. The Hall–Kier alpha value is -1.64. The minimum Gasteiger partial charge on any atom is -0.426 e. The molecule has 1 aromatic rings. The molecule has 0 spiro atoms. The lowest BCUT2D eigenvalue weighted by molar-refractivity contribution is -0.132. The van der Waals surface area contributed by atoms with Gasteiger partial charge in [-0.25, -0.2) is 0 Å². The normalized spacial score (nSPS) is 10.9. The summed E-state index contributed by atoms with van der Waals surface area (Å²) in [5, 5.41) is 0. The van der Waals surface area contributed by atoms with Crippen molar-refractivity contribution in [2.75, 3.05) is 0 Å². The first-order chi connectivity index (χ1) is 8.73. The van der Waals surface area contributed by atoms with Crippen LogP contribution in [0.3, 0.4) is 0 Å². The van der Waals surface area contributed by atoms with Crippen LogP contribution in [0.15, 0.2) is 12.1 Å². The maximum atomic E-state index is 11.6. The fourth-order valence-electron chi connectivity index (χ4n) is 2.00. The molecule has 0 radical (unpaired) electrons. The molecule has 0 unspecified atom stereocenters. The number of rotatable bonds is 4. The van der Waals surface area contributed by atoms with E-state index < -0.39 is 0 Å². The Morgan fingerprint density at radius 2 is 1.37 bits per heavy atom. The maximum Gasteiger partial charge on any atom is 0.308 e. The molecule has 0 atom stereocenters. The lowest BCUT2D eigenvalue weighted by Crippen LogP contribution is -2.10. The number of esters is 1. The van der Waals surface area contributed by atoms with Gasteiger partial charge in [-0.05, 0) is 42.0 Å². The summed E-state index contributed by atoms with van der Waals surface area (Å²) in [6, 6.07) is 3.66. The van der Waals surface area contributed by atoms with E-state index in [0.29, 0.717) is 11.3 Å². The summed E-state index contributed by atoms with van der Waals surface area (Å²) < 4.78 is 5.38. The van der Waals surface area contributed by atoms with Gasteiger partial charge in [0.1, 0.15) is 5.75 Å². The zero-order chi connectivity index (χ0) is 14.7. The van der Waals surface area contributed by atoms with E-state index in [1.807, 2.05) is 39.8 Å². The number of ether oxygens (including phenoxy) is 1. The molecule has 0 heterocycles. The SMILES string of the molecule is CC(=O)Oc1c(C(C)C)cc(C(C)=O)cc1C(C)C. The predicted molar refractivity (Wildman–Crippen MR) is 75.9 cm³/mol. The van der Waals surface area contributed by atoms with E-state index in [1.165, 1.54) is 6.92 Å². The van der Waals surface area contributed by atoms with Crippen LogP contribution in [0.4, 0.5) is 0 Å². The van der Waals surface area contributed by atoms with Crippen LogP contribution in [0.5, 0.6) is 5.75 Å². The second-order valence-electron chi connectivity index (χ2n) is 5.44. The van der Waals surface area contributed by atoms with Crippen molar-refractivity contribution < 1.29 is 14.3 Å². The van der Waals surface area contributed by atoms with Gasteiger partial charge in [-0.1, -0.05) is 27.7 Å². The highest BCUT2D eigenvalue weighted by atomic mass is 16.5. The van der Waals surface area contributed by atoms with Crippen molar-refractivity contribution >= 4 is 11.8 Å². The van der Waals surface area contributed by atoms with Crippen LogP contribution < -0.4 is 4.74 Å². The van der Waals surface area contributed by atoms with Gasteiger partial charge in [-0.3, -0.25) is 9.59 Å². The molecule has 0 amide bonds. The lowest BCUT2D eigenvalue weighted by atomic mass is 9.90. The van der Waals surface area contributed by atoms with Gasteiger partial charge in [-0.2, -0.15) is 0 Å². The Bertz CT molecular complexity index is 470. The van der Waals surface area contributed by atoms with Crippen molar-refractivity contribution in [3.8, 4) is 5.75 Å². The van der Waals surface area contributed by atoms with Crippen molar-refractivity contribution in [2.24, 2.45) is 0 Å². The van der Waals surface area contributed by atoms with Crippen molar-refractivity contribution in [1.82, 2.24) is 0 Å². The average molecular weight is 262 g/mol. The zero-order valence-electron chi connectivity index (χ0n) is 12.5. The molecule has 0 saturated heterocycles. The van der Waals surface area contributed by atoms with E-state index in [9.17, 15) is 9.59 Å². The van der Waals surface area contributed by atoms with E-state index in [-0.39, 0.29) is 23.6 Å². The van der Waals surface area contributed by atoms with Crippen molar-refractivity contribution in [2.45, 2.75) is 53.4 Å². The number of carbonyl (C=O) groups is 2. The second-order valence-corrected chi connectivity index (χ2v) is 5.44. The van der Waals surface area contributed by atoms with Crippen molar-refractivity contribution in [3.63, 3.8) is 0 Å². The highest BCUT2D eigenvalue weighted by molar-refractivity contribution is 5.95. The Kier molecular flexibility index (Phi) is 4.87. The van der Waals surface area contributed by atoms with Gasteiger partial charge in [0.05, 0.1) is 0 Å². The monoisotopic (exact) mass is 262 g/mol. The second kappa shape index (κ2) is 6.00. The van der Waals surface area contributed by atoms with Gasteiger partial charge in [0.25, 0.3) is 0 Å². The van der Waals surface area contributed by atoms with Crippen LogP contribution in [-0.2, 0) is 4.79 Å². The van der Waals surface area contributed by atoms with Crippen LogP contribution in [0.1, 0.15) is 74.9 Å². The fourth-order valence-corrected chi connectivity index (χ4v) is 2.00. The predicted octanol–water partition coefficient (Wildman–Crippen LogP) is 4.06. The zero-order valence-corrected chi connectivity index (χ0v) is 12.5. The van der Waals surface area contributed by atoms with Gasteiger partial charge in [0.2, 0.25) is 0 Å². The number of benzene rings is 1. The Labute approximate surface area is 115 Å². The number of Topliss-reactive ketones (excluding diaryl/α,β-unsaturated/α-hetero) is 1. The summed E-state index contributed by atoms with van der Waals surface area (Å²) >= 11 is 0. The number of hydrogen-bond acceptors (Lipinski definition) is 3. The summed E-state index contributed by atoms with van der Waals surface area (Å²) in [7, 11) is 0. The Morgan fingerprint density at radius 1 is 0.947 bits per heavy atom. The number of hydrogen-bond donors (Lipinski definition) is 0. The molecule has 0 bridgehead atoms. The lowest BCUT2D eigenvalue weighted by Gasteiger charge is -2.19. The molecule has 3 heteroatoms. The third-order valence-electron chi connectivity index (χ3n) is 3.04. The number of carbonyl (C=O) groups excluding carboxylic acids is 2. The summed E-state index contributed by atoms with van der Waals surface area (Å²) in [5.41, 5.74) is 2.49. The molecule has 3 nitrogen and oxygen atoms in total. The summed E-state index contributed by atoms with van der Waals surface area (Å²) in [6.45, 7) is 11.0. The maximum absolute atomic E-state index is 11.6. The van der Waals surface area contributed by atoms with Crippen LogP contribution in [0.2, 0.25) is 0 Å². The highest BCUT2D eigenvalue weighted by Gasteiger charge is 2.19. The van der Waals surface area contributed by atoms with Gasteiger partial charge in [-0.15, -0.1) is 0 Å². The van der Waals surface area contributed by atoms with Gasteiger partial charge in [0.15, 0.2) is 5.78 Å². The molecular weight excluding hydrogens is 240 g/mol. The minimum atomic E-state index is -0.334. The molecule has 104 valence electrons. The third kappa shape index (κ3) is 3.66. The highest BCUT2D eigenvalue weighted by Crippen LogP contribution is 2.36. The van der Waals surface area contributed by atoms with Gasteiger partial charge < -0.3 is 4.74 Å². The molecule has 0 N–H and O–H groups in total. The third-order valence-corrected chi connectivity index (χ3v) is 3.04. The molecule has 0 aliphatic carbocycles. The molecule has 1 aromatic carbocycles. The van der Waals surface area contributed by atoms with Crippen LogP contribution >= 0.6 is 0 Å². The quantitative estimate of drug-likeness (QED) is 0.467. The van der Waals surface area contributed by atoms with Gasteiger partial charge in [0, 0.05) is 12.5 Å². The fraction of sp³-hybridized carbons (Fsp3) is 0.500. The summed E-state index contributed by atoms with van der Waals surface area (Å²) in [6.07, 6.45) is 0. The van der Waals surface area contributed by atoms with E-state index in [4.69, 9.17) is 4.74 Å². The molecule has 0 aliphatic rings. The standard InChI is InChI=1S/C16H22O3/c1-9(2)14-7-13(11(5)17)8-15(10(3)4)16(14)19-12(6)18/h7-10H,1-6H3. The molecule has 0 fully saturated rings. The van der Waals surface area contributed by atoms with E-state index >= 15 is 0 Å².